The van der Waals surface area contributed by atoms with Crippen LogP contribution >= 0.6 is 0 Å². The monoisotopic (exact) mass is 253 g/mol. The van der Waals surface area contributed by atoms with Crippen LogP contribution in [0.4, 0.5) is 0 Å². The van der Waals surface area contributed by atoms with Gasteiger partial charge in [-0.3, -0.25) is 4.79 Å². The predicted molar refractivity (Wildman–Crippen MR) is 67.9 cm³/mol. The number of hydrogen-bond donors (Lipinski definition) is 2. The standard InChI is InChI=1S/C13H19NO4/c1-10-9-11(3-4-12(10)15)13(16)14-5-6-18-8-7-17-2/h3-4,9,15H,5-8H2,1-2H3,(H,14,16). The Kier molecular flexibility index (Phi) is 6.18. The summed E-state index contributed by atoms with van der Waals surface area (Å²) >= 11 is 0. The van der Waals surface area contributed by atoms with E-state index in [1.54, 1.807) is 26.2 Å². The molecule has 0 atom stereocenters. The van der Waals surface area contributed by atoms with E-state index >= 15 is 0 Å². The van der Waals surface area contributed by atoms with Crippen molar-refractivity contribution in [2.75, 3.05) is 33.5 Å². The molecule has 0 aliphatic rings. The Bertz CT molecular complexity index is 393. The minimum absolute atomic E-state index is 0.173. The normalized spacial score (nSPS) is 10.3. The molecule has 0 saturated carbocycles. The van der Waals surface area contributed by atoms with E-state index in [4.69, 9.17) is 9.47 Å². The van der Waals surface area contributed by atoms with Gasteiger partial charge in [0.05, 0.1) is 19.8 Å². The molecule has 0 saturated heterocycles. The van der Waals surface area contributed by atoms with Gasteiger partial charge in [0.25, 0.3) is 5.91 Å². The van der Waals surface area contributed by atoms with Crippen molar-refractivity contribution in [3.8, 4) is 5.75 Å². The Labute approximate surface area is 107 Å². The second kappa shape index (κ2) is 7.68. The zero-order valence-corrected chi connectivity index (χ0v) is 10.7. The van der Waals surface area contributed by atoms with Crippen LogP contribution < -0.4 is 5.32 Å². The van der Waals surface area contributed by atoms with E-state index in [1.807, 2.05) is 0 Å². The number of methoxy groups -OCH3 is 1. The quantitative estimate of drug-likeness (QED) is 0.714. The number of ether oxygens (including phenoxy) is 2. The van der Waals surface area contributed by atoms with Crippen molar-refractivity contribution >= 4 is 5.91 Å². The largest absolute Gasteiger partial charge is 0.508 e. The number of benzene rings is 1. The number of nitrogens with one attached hydrogen (secondary N) is 1. The van der Waals surface area contributed by atoms with Crippen LogP contribution in [0.2, 0.25) is 0 Å². The Balaban J connectivity index is 2.30. The number of rotatable bonds is 7. The number of amides is 1. The van der Waals surface area contributed by atoms with Crippen LogP contribution in [0.25, 0.3) is 0 Å². The van der Waals surface area contributed by atoms with Crippen molar-refractivity contribution in [2.24, 2.45) is 0 Å². The number of aryl methyl sites for hydroxylation is 1. The molecule has 2 N–H and O–H groups in total. The zero-order chi connectivity index (χ0) is 13.4. The number of phenols is 1. The first kappa shape index (κ1) is 14.5. The van der Waals surface area contributed by atoms with Gasteiger partial charge in [0, 0.05) is 19.2 Å². The molecule has 1 amide bonds. The van der Waals surface area contributed by atoms with Gasteiger partial charge >= 0.3 is 0 Å². The van der Waals surface area contributed by atoms with E-state index in [-0.39, 0.29) is 11.7 Å². The van der Waals surface area contributed by atoms with Crippen molar-refractivity contribution in [3.05, 3.63) is 29.3 Å². The van der Waals surface area contributed by atoms with Crippen molar-refractivity contribution < 1.29 is 19.4 Å². The molecule has 0 unspecified atom stereocenters. The van der Waals surface area contributed by atoms with Crippen molar-refractivity contribution in [1.82, 2.24) is 5.32 Å². The molecular weight excluding hydrogens is 234 g/mol. The van der Waals surface area contributed by atoms with E-state index in [0.717, 1.165) is 0 Å². The lowest BCUT2D eigenvalue weighted by Crippen LogP contribution is -2.27. The molecule has 0 radical (unpaired) electrons. The summed E-state index contributed by atoms with van der Waals surface area (Å²) in [4.78, 5) is 11.7. The van der Waals surface area contributed by atoms with Gasteiger partial charge in [-0.05, 0) is 30.7 Å². The molecule has 5 nitrogen and oxygen atoms in total. The van der Waals surface area contributed by atoms with Crippen molar-refractivity contribution in [1.29, 1.82) is 0 Å². The molecule has 1 aromatic carbocycles. The lowest BCUT2D eigenvalue weighted by atomic mass is 10.1. The Morgan fingerprint density at radius 3 is 2.78 bits per heavy atom. The third-order valence-electron chi connectivity index (χ3n) is 2.42. The fourth-order valence-electron chi connectivity index (χ4n) is 1.38. The second-order valence-corrected chi connectivity index (χ2v) is 3.86. The van der Waals surface area contributed by atoms with E-state index in [9.17, 15) is 9.90 Å². The summed E-state index contributed by atoms with van der Waals surface area (Å²) < 4.78 is 10.1. The minimum atomic E-state index is -0.173. The SMILES string of the molecule is COCCOCCNC(=O)c1ccc(O)c(C)c1. The molecule has 0 aliphatic carbocycles. The first-order valence-electron chi connectivity index (χ1n) is 5.79. The highest BCUT2D eigenvalue weighted by atomic mass is 16.5. The van der Waals surface area contributed by atoms with Crippen molar-refractivity contribution in [3.63, 3.8) is 0 Å². The van der Waals surface area contributed by atoms with E-state index in [0.29, 0.717) is 37.5 Å². The summed E-state index contributed by atoms with van der Waals surface area (Å²) in [6.07, 6.45) is 0. The number of phenolic OH excluding ortho intramolecular Hbond substituents is 1. The Morgan fingerprint density at radius 2 is 2.11 bits per heavy atom. The highest BCUT2D eigenvalue weighted by Crippen LogP contribution is 2.16. The topological polar surface area (TPSA) is 67.8 Å². The van der Waals surface area contributed by atoms with Crippen LogP contribution in [0.1, 0.15) is 15.9 Å². The molecule has 5 heteroatoms. The van der Waals surface area contributed by atoms with Gasteiger partial charge in [-0.15, -0.1) is 0 Å². The summed E-state index contributed by atoms with van der Waals surface area (Å²) in [5.74, 6) is 0.0166. The van der Waals surface area contributed by atoms with E-state index in [1.165, 1.54) is 6.07 Å². The highest BCUT2D eigenvalue weighted by Gasteiger charge is 2.06. The summed E-state index contributed by atoms with van der Waals surface area (Å²) in [7, 11) is 1.61. The second-order valence-electron chi connectivity index (χ2n) is 3.86. The summed E-state index contributed by atoms with van der Waals surface area (Å²) in [5, 5.41) is 12.1. The third kappa shape index (κ3) is 4.73. The van der Waals surface area contributed by atoms with Gasteiger partial charge in [-0.2, -0.15) is 0 Å². The summed E-state index contributed by atoms with van der Waals surface area (Å²) in [6, 6.07) is 4.75. The smallest absolute Gasteiger partial charge is 0.251 e. The van der Waals surface area contributed by atoms with Crippen LogP contribution in [0.15, 0.2) is 18.2 Å². The average molecular weight is 253 g/mol. The van der Waals surface area contributed by atoms with Crippen LogP contribution in [0.3, 0.4) is 0 Å². The van der Waals surface area contributed by atoms with Crippen LogP contribution in [-0.2, 0) is 9.47 Å². The first-order valence-corrected chi connectivity index (χ1v) is 5.79. The molecule has 18 heavy (non-hydrogen) atoms. The van der Waals surface area contributed by atoms with Gasteiger partial charge in [-0.25, -0.2) is 0 Å². The maximum atomic E-state index is 11.7. The van der Waals surface area contributed by atoms with Gasteiger partial charge < -0.3 is 19.9 Å². The number of carbonyl (C=O) groups is 1. The first-order chi connectivity index (χ1) is 8.65. The fraction of sp³-hybridized carbons (Fsp3) is 0.462. The fourth-order valence-corrected chi connectivity index (χ4v) is 1.38. The summed E-state index contributed by atoms with van der Waals surface area (Å²) in [5.41, 5.74) is 1.21. The maximum Gasteiger partial charge on any atom is 0.251 e. The number of hydrogen-bond acceptors (Lipinski definition) is 4. The van der Waals surface area contributed by atoms with Crippen LogP contribution in [-0.4, -0.2) is 44.5 Å². The van der Waals surface area contributed by atoms with Crippen molar-refractivity contribution in [2.45, 2.75) is 6.92 Å². The Hall–Kier alpha value is -1.59. The van der Waals surface area contributed by atoms with Gasteiger partial charge in [-0.1, -0.05) is 0 Å². The lowest BCUT2D eigenvalue weighted by molar-refractivity contribution is 0.0692. The minimum Gasteiger partial charge on any atom is -0.508 e. The van der Waals surface area contributed by atoms with Crippen LogP contribution in [0, 0.1) is 6.92 Å². The molecule has 0 aromatic heterocycles. The molecule has 0 heterocycles. The molecule has 1 rings (SSSR count). The lowest BCUT2D eigenvalue weighted by Gasteiger charge is -2.07. The molecule has 0 spiro atoms. The highest BCUT2D eigenvalue weighted by molar-refractivity contribution is 5.94. The van der Waals surface area contributed by atoms with Gasteiger partial charge in [0.1, 0.15) is 5.75 Å². The zero-order valence-electron chi connectivity index (χ0n) is 10.7. The summed E-state index contributed by atoms with van der Waals surface area (Å²) in [6.45, 7) is 3.71. The molecule has 0 aliphatic heterocycles. The van der Waals surface area contributed by atoms with E-state index < -0.39 is 0 Å². The predicted octanol–water partition coefficient (Wildman–Crippen LogP) is 1.09. The number of carbonyl (C=O) groups excluding carboxylic acids is 1. The molecule has 0 fully saturated rings. The van der Waals surface area contributed by atoms with Gasteiger partial charge in [0.15, 0.2) is 0 Å². The third-order valence-corrected chi connectivity index (χ3v) is 2.42. The molecule has 1 aromatic rings. The van der Waals surface area contributed by atoms with E-state index in [2.05, 4.69) is 5.32 Å². The molecule has 0 bridgehead atoms. The Morgan fingerprint density at radius 1 is 1.33 bits per heavy atom. The maximum absolute atomic E-state index is 11.7. The molecule has 100 valence electrons. The van der Waals surface area contributed by atoms with Gasteiger partial charge in [0.2, 0.25) is 0 Å². The molecular formula is C13H19NO4. The average Bonchev–Trinajstić information content (AvgIpc) is 2.36. The number of aromatic hydroxyl groups is 1. The van der Waals surface area contributed by atoms with Crippen LogP contribution in [0.5, 0.6) is 5.75 Å².